The normalized spacial score (nSPS) is 10.2. The van der Waals surface area contributed by atoms with E-state index in [1.54, 1.807) is 0 Å². The highest BCUT2D eigenvalue weighted by atomic mass is 35.5. The molecule has 0 N–H and O–H groups in total. The van der Waals surface area contributed by atoms with Gasteiger partial charge in [-0.2, -0.15) is 0 Å². The lowest BCUT2D eigenvalue weighted by molar-refractivity contribution is 0.0827. The first-order valence-electron chi connectivity index (χ1n) is 3.32. The minimum atomic E-state index is -0.825. The largest absolute Gasteiger partial charge is 0.291 e. The zero-order valence-electron chi connectivity index (χ0n) is 6.31. The molecule has 0 heterocycles. The highest BCUT2D eigenvalue weighted by Crippen LogP contribution is 2.31. The van der Waals surface area contributed by atoms with Crippen LogP contribution in [0.1, 0.15) is 10.4 Å². The maximum Gasteiger partial charge on any atom is 0.191 e. The second-order valence-electron chi connectivity index (χ2n) is 2.32. The maximum absolute atomic E-state index is 11.0. The van der Waals surface area contributed by atoms with E-state index >= 15 is 0 Å². The topological polar surface area (TPSA) is 37.0 Å². The summed E-state index contributed by atoms with van der Waals surface area (Å²) in [6, 6.07) is 2.66. The number of halogens is 3. The van der Waals surface area contributed by atoms with Gasteiger partial charge in [-0.15, -0.1) is 0 Å². The first kappa shape index (κ1) is 10.8. The Balaban J connectivity index is 3.20. The van der Waals surface area contributed by atoms with Gasteiger partial charge in [0.2, 0.25) is 0 Å². The summed E-state index contributed by atoms with van der Waals surface area (Å²) in [5, 5.41) is 10.8. The van der Waals surface area contributed by atoms with Gasteiger partial charge in [0, 0.05) is 5.56 Å². The second kappa shape index (κ2) is 4.29. The van der Waals surface area contributed by atoms with E-state index < -0.39 is 12.4 Å². The SMILES string of the molecule is [O]CC(=O)c1cc(Cl)c(Cl)c(Cl)c1. The summed E-state index contributed by atoms with van der Waals surface area (Å²) >= 11 is 16.9. The average molecular weight is 238 g/mol. The maximum atomic E-state index is 11.0. The molecule has 0 aliphatic carbocycles. The van der Waals surface area contributed by atoms with Crippen LogP contribution in [0.4, 0.5) is 0 Å². The molecular formula is C8H4Cl3O2. The van der Waals surface area contributed by atoms with E-state index in [1.165, 1.54) is 12.1 Å². The van der Waals surface area contributed by atoms with E-state index in [0.717, 1.165) is 0 Å². The van der Waals surface area contributed by atoms with Crippen LogP contribution >= 0.6 is 34.8 Å². The number of benzene rings is 1. The minimum Gasteiger partial charge on any atom is -0.291 e. The van der Waals surface area contributed by atoms with Crippen LogP contribution in [0.25, 0.3) is 0 Å². The smallest absolute Gasteiger partial charge is 0.191 e. The van der Waals surface area contributed by atoms with Crippen molar-refractivity contribution in [1.29, 1.82) is 0 Å². The van der Waals surface area contributed by atoms with Crippen molar-refractivity contribution in [3.8, 4) is 0 Å². The molecule has 1 rings (SSSR count). The molecule has 13 heavy (non-hydrogen) atoms. The van der Waals surface area contributed by atoms with Crippen LogP contribution in [-0.4, -0.2) is 12.4 Å². The first-order chi connectivity index (χ1) is 6.06. The molecule has 1 aromatic rings. The third-order valence-corrected chi connectivity index (χ3v) is 2.63. The molecule has 0 fully saturated rings. The Labute approximate surface area is 90.0 Å². The molecule has 5 heteroatoms. The Morgan fingerprint density at radius 1 is 1.15 bits per heavy atom. The molecule has 0 saturated heterocycles. The zero-order valence-corrected chi connectivity index (χ0v) is 8.58. The summed E-state index contributed by atoms with van der Waals surface area (Å²) in [4.78, 5) is 11.0. The van der Waals surface area contributed by atoms with Crippen molar-refractivity contribution in [2.75, 3.05) is 6.61 Å². The van der Waals surface area contributed by atoms with Gasteiger partial charge in [-0.05, 0) is 12.1 Å². The fourth-order valence-corrected chi connectivity index (χ4v) is 1.40. The third kappa shape index (κ3) is 2.35. The number of rotatable bonds is 2. The van der Waals surface area contributed by atoms with Gasteiger partial charge in [0.25, 0.3) is 0 Å². The number of ketones is 1. The summed E-state index contributed by atoms with van der Waals surface area (Å²) in [5.74, 6) is -0.555. The molecule has 0 spiro atoms. The Kier molecular flexibility index (Phi) is 3.56. The fraction of sp³-hybridized carbons (Fsp3) is 0.125. The zero-order chi connectivity index (χ0) is 10.0. The number of carbonyl (C=O) groups excluding carboxylic acids is 1. The monoisotopic (exact) mass is 237 g/mol. The van der Waals surface area contributed by atoms with Crippen LogP contribution in [0.5, 0.6) is 0 Å². The lowest BCUT2D eigenvalue weighted by atomic mass is 10.1. The highest BCUT2D eigenvalue weighted by molar-refractivity contribution is 6.48. The third-order valence-electron chi connectivity index (χ3n) is 1.44. The van der Waals surface area contributed by atoms with E-state index in [1.807, 2.05) is 0 Å². The molecule has 0 amide bonds. The van der Waals surface area contributed by atoms with E-state index in [2.05, 4.69) is 0 Å². The van der Waals surface area contributed by atoms with Crippen LogP contribution < -0.4 is 0 Å². The second-order valence-corrected chi connectivity index (χ2v) is 3.51. The lowest BCUT2D eigenvalue weighted by Crippen LogP contribution is -2.03. The van der Waals surface area contributed by atoms with Crippen molar-refractivity contribution in [3.05, 3.63) is 32.8 Å². The van der Waals surface area contributed by atoms with Crippen LogP contribution in [0.2, 0.25) is 15.1 Å². The molecule has 0 unspecified atom stereocenters. The summed E-state index contributed by atoms with van der Waals surface area (Å²) in [5.41, 5.74) is 0.189. The molecule has 69 valence electrons. The molecular weight excluding hydrogens is 234 g/mol. The minimum absolute atomic E-state index is 0.172. The Morgan fingerprint density at radius 3 is 2.00 bits per heavy atom. The van der Waals surface area contributed by atoms with Crippen molar-refractivity contribution in [1.82, 2.24) is 0 Å². The van der Waals surface area contributed by atoms with E-state index in [4.69, 9.17) is 34.8 Å². The van der Waals surface area contributed by atoms with Crippen molar-refractivity contribution in [2.45, 2.75) is 0 Å². The van der Waals surface area contributed by atoms with Gasteiger partial charge < -0.3 is 0 Å². The first-order valence-corrected chi connectivity index (χ1v) is 4.45. The molecule has 1 aromatic carbocycles. The molecule has 0 aliphatic heterocycles. The van der Waals surface area contributed by atoms with Crippen molar-refractivity contribution >= 4 is 40.6 Å². The van der Waals surface area contributed by atoms with Crippen LogP contribution in [0.3, 0.4) is 0 Å². The highest BCUT2D eigenvalue weighted by Gasteiger charge is 2.10. The van der Waals surface area contributed by atoms with Crippen molar-refractivity contribution < 1.29 is 9.90 Å². The van der Waals surface area contributed by atoms with Crippen molar-refractivity contribution in [3.63, 3.8) is 0 Å². The summed E-state index contributed by atoms with van der Waals surface area (Å²) in [6.07, 6.45) is 0. The lowest BCUT2D eigenvalue weighted by Gasteiger charge is -2.01. The molecule has 0 bridgehead atoms. The predicted molar refractivity (Wildman–Crippen MR) is 51.4 cm³/mol. The number of carbonyl (C=O) groups is 1. The molecule has 0 aromatic heterocycles. The van der Waals surface area contributed by atoms with Crippen LogP contribution in [0.15, 0.2) is 12.1 Å². The Morgan fingerprint density at radius 2 is 1.62 bits per heavy atom. The Hall–Kier alpha value is -0.280. The fourth-order valence-electron chi connectivity index (χ4n) is 0.800. The van der Waals surface area contributed by atoms with Gasteiger partial charge in [-0.3, -0.25) is 4.79 Å². The summed E-state index contributed by atoms with van der Waals surface area (Å²) in [6.45, 7) is -0.825. The van der Waals surface area contributed by atoms with Gasteiger partial charge in [0.05, 0.1) is 15.1 Å². The molecule has 0 saturated carbocycles. The van der Waals surface area contributed by atoms with Gasteiger partial charge >= 0.3 is 0 Å². The summed E-state index contributed by atoms with van der Waals surface area (Å²) < 4.78 is 0. The molecule has 0 aliphatic rings. The number of hydrogen-bond acceptors (Lipinski definition) is 1. The number of hydrogen-bond donors (Lipinski definition) is 0. The Bertz CT molecular complexity index is 326. The van der Waals surface area contributed by atoms with Gasteiger partial charge in [-0.25, -0.2) is 5.11 Å². The summed E-state index contributed by atoms with van der Waals surface area (Å²) in [7, 11) is 0. The predicted octanol–water partition coefficient (Wildman–Crippen LogP) is 3.26. The number of Topliss-reactive ketones (excluding diaryl/α,β-unsaturated/α-hetero) is 1. The van der Waals surface area contributed by atoms with Gasteiger partial charge in [-0.1, -0.05) is 34.8 Å². The standard InChI is InChI=1S/C8H4Cl3O2/c9-5-1-4(7(13)3-12)2-6(10)8(5)11/h1-2H,3H2. The van der Waals surface area contributed by atoms with Gasteiger partial charge in [0.15, 0.2) is 5.78 Å². The van der Waals surface area contributed by atoms with E-state index in [9.17, 15) is 9.90 Å². The van der Waals surface area contributed by atoms with Crippen LogP contribution in [-0.2, 0) is 5.11 Å². The van der Waals surface area contributed by atoms with E-state index in [-0.39, 0.29) is 20.6 Å². The molecule has 1 radical (unpaired) electrons. The van der Waals surface area contributed by atoms with E-state index in [0.29, 0.717) is 0 Å². The van der Waals surface area contributed by atoms with Crippen LogP contribution in [0, 0.1) is 0 Å². The average Bonchev–Trinajstić information content (AvgIpc) is 2.12. The molecule has 2 nitrogen and oxygen atoms in total. The van der Waals surface area contributed by atoms with Crippen molar-refractivity contribution in [2.24, 2.45) is 0 Å². The van der Waals surface area contributed by atoms with Gasteiger partial charge in [0.1, 0.15) is 6.61 Å². The quantitative estimate of drug-likeness (QED) is 0.575. The molecule has 0 atom stereocenters.